The Kier molecular flexibility index (Phi) is 7.23. The molecule has 0 saturated heterocycles. The van der Waals surface area contributed by atoms with E-state index < -0.39 is 10.0 Å². The molecule has 3 nitrogen and oxygen atoms in total. The molecule has 0 N–H and O–H groups in total. The van der Waals surface area contributed by atoms with Crippen LogP contribution < -0.4 is 0 Å². The third-order valence-electron chi connectivity index (χ3n) is 2.16. The first-order valence-corrected chi connectivity index (χ1v) is 7.16. The van der Waals surface area contributed by atoms with Crippen LogP contribution in [0.2, 0.25) is 0 Å². The summed E-state index contributed by atoms with van der Waals surface area (Å²) in [5.41, 5.74) is 0. The van der Waals surface area contributed by atoms with Gasteiger partial charge in [0.15, 0.2) is 0 Å². The van der Waals surface area contributed by atoms with Crippen LogP contribution in [0.15, 0.2) is 0 Å². The molecule has 0 rings (SSSR count). The molecule has 0 spiro atoms. The third-order valence-corrected chi connectivity index (χ3v) is 3.93. The maximum Gasteiger partial charge on any atom is 0.241 e. The predicted molar refractivity (Wildman–Crippen MR) is 63.8 cm³/mol. The summed E-state index contributed by atoms with van der Waals surface area (Å²) in [6.45, 7) is 4.43. The first-order valence-electron chi connectivity index (χ1n) is 5.55. The van der Waals surface area contributed by atoms with E-state index in [-0.39, 0.29) is 5.75 Å². The zero-order valence-corrected chi connectivity index (χ0v) is 10.5. The van der Waals surface area contributed by atoms with Gasteiger partial charge in [-0.15, -0.1) is 0 Å². The van der Waals surface area contributed by atoms with E-state index in [4.69, 9.17) is 6.42 Å². The highest BCUT2D eigenvalue weighted by Gasteiger charge is 2.17. The van der Waals surface area contributed by atoms with Gasteiger partial charge in [-0.05, 0) is 12.8 Å². The number of terminal acetylenes is 1. The van der Waals surface area contributed by atoms with Crippen LogP contribution in [0, 0.1) is 12.5 Å². The van der Waals surface area contributed by atoms with Crippen LogP contribution in [-0.2, 0) is 10.0 Å². The van der Waals surface area contributed by atoms with Gasteiger partial charge in [0.05, 0.1) is 5.75 Å². The number of hydrogen-bond donors (Lipinski definition) is 0. The molecule has 0 aliphatic rings. The average molecular weight is 231 g/mol. The van der Waals surface area contributed by atoms with Gasteiger partial charge in [0.2, 0.25) is 10.0 Å². The van der Waals surface area contributed by atoms with Gasteiger partial charge in [0.25, 0.3) is 0 Å². The highest BCUT2D eigenvalue weighted by atomic mass is 32.2. The molecule has 0 radical (unpaired) electrons. The lowest BCUT2D eigenvalue weighted by molar-refractivity contribution is 0.505. The standard InChI is InChI=1S/C11H21NO2S/c1-4-7-8-9-11-15(13,14)12(6-3)10-5-2/h3H,4-5,7-11H2,1-2H3. The normalized spacial score (nSPS) is 11.0. The molecule has 0 aromatic carbocycles. The Hall–Kier alpha value is -0.690. The summed E-state index contributed by atoms with van der Waals surface area (Å²) in [7, 11) is -3.22. The Morgan fingerprint density at radius 3 is 2.27 bits per heavy atom. The van der Waals surface area contributed by atoms with Crippen molar-refractivity contribution in [3.63, 3.8) is 0 Å². The molecule has 0 fully saturated rings. The molecule has 0 unspecified atom stereocenters. The van der Waals surface area contributed by atoms with Crippen molar-refractivity contribution >= 4 is 10.0 Å². The maximum absolute atomic E-state index is 11.7. The predicted octanol–water partition coefficient (Wildman–Crippen LogP) is 2.20. The van der Waals surface area contributed by atoms with Crippen molar-refractivity contribution in [1.82, 2.24) is 4.31 Å². The van der Waals surface area contributed by atoms with Crippen LogP contribution >= 0.6 is 0 Å². The molecule has 0 saturated carbocycles. The van der Waals surface area contributed by atoms with E-state index in [1.165, 1.54) is 0 Å². The molecule has 0 aliphatic carbocycles. The largest absolute Gasteiger partial charge is 0.241 e. The van der Waals surface area contributed by atoms with Crippen molar-refractivity contribution in [2.75, 3.05) is 12.3 Å². The summed E-state index contributed by atoms with van der Waals surface area (Å²) in [6.07, 6.45) is 9.77. The van der Waals surface area contributed by atoms with Crippen LogP contribution in [0.4, 0.5) is 0 Å². The van der Waals surface area contributed by atoms with E-state index >= 15 is 0 Å². The minimum atomic E-state index is -3.22. The molecular formula is C11H21NO2S. The fourth-order valence-electron chi connectivity index (χ4n) is 1.31. The lowest BCUT2D eigenvalue weighted by atomic mass is 10.2. The number of sulfonamides is 1. The first-order chi connectivity index (χ1) is 7.08. The molecule has 88 valence electrons. The highest BCUT2D eigenvalue weighted by molar-refractivity contribution is 7.89. The number of unbranched alkanes of at least 4 members (excludes halogenated alkanes) is 3. The summed E-state index contributed by atoms with van der Waals surface area (Å²) in [5, 5.41) is 0. The molecular weight excluding hydrogens is 210 g/mol. The second kappa shape index (κ2) is 7.58. The summed E-state index contributed by atoms with van der Waals surface area (Å²) in [4.78, 5) is 0. The molecule has 0 amide bonds. The molecule has 0 aliphatic heterocycles. The van der Waals surface area contributed by atoms with Gasteiger partial charge in [-0.2, -0.15) is 0 Å². The maximum atomic E-state index is 11.7. The summed E-state index contributed by atoms with van der Waals surface area (Å²) < 4.78 is 24.5. The second-order valence-corrected chi connectivity index (χ2v) is 5.59. The van der Waals surface area contributed by atoms with E-state index in [2.05, 4.69) is 13.0 Å². The Labute approximate surface area is 93.9 Å². The van der Waals surface area contributed by atoms with E-state index in [0.29, 0.717) is 13.0 Å². The number of hydrogen-bond acceptors (Lipinski definition) is 2. The van der Waals surface area contributed by atoms with Gasteiger partial charge in [-0.3, -0.25) is 0 Å². The van der Waals surface area contributed by atoms with E-state index in [1.54, 1.807) is 0 Å². The van der Waals surface area contributed by atoms with Crippen molar-refractivity contribution in [1.29, 1.82) is 0 Å². The average Bonchev–Trinajstić information content (AvgIpc) is 2.20. The zero-order chi connectivity index (χ0) is 11.7. The first kappa shape index (κ1) is 14.3. The van der Waals surface area contributed by atoms with Crippen molar-refractivity contribution in [3.05, 3.63) is 0 Å². The van der Waals surface area contributed by atoms with E-state index in [9.17, 15) is 8.42 Å². The van der Waals surface area contributed by atoms with Crippen LogP contribution in [0.1, 0.15) is 46.0 Å². The van der Waals surface area contributed by atoms with Crippen LogP contribution in [0.3, 0.4) is 0 Å². The fourth-order valence-corrected chi connectivity index (χ4v) is 2.72. The van der Waals surface area contributed by atoms with Crippen molar-refractivity contribution in [3.8, 4) is 12.5 Å². The lowest BCUT2D eigenvalue weighted by Gasteiger charge is -2.16. The van der Waals surface area contributed by atoms with Gasteiger partial charge in [0.1, 0.15) is 0 Å². The van der Waals surface area contributed by atoms with Crippen molar-refractivity contribution in [2.45, 2.75) is 46.0 Å². The number of rotatable bonds is 8. The minimum Gasteiger partial charge on any atom is -0.229 e. The Bertz CT molecular complexity index is 290. The highest BCUT2D eigenvalue weighted by Crippen LogP contribution is 2.07. The van der Waals surface area contributed by atoms with E-state index in [0.717, 1.165) is 30.0 Å². The fraction of sp³-hybridized carbons (Fsp3) is 0.818. The zero-order valence-electron chi connectivity index (χ0n) is 9.70. The molecule has 4 heteroatoms. The molecule has 0 atom stereocenters. The monoisotopic (exact) mass is 231 g/mol. The summed E-state index contributed by atoms with van der Waals surface area (Å²) >= 11 is 0. The van der Waals surface area contributed by atoms with Crippen molar-refractivity contribution < 1.29 is 8.42 Å². The van der Waals surface area contributed by atoms with Gasteiger partial charge in [0, 0.05) is 12.6 Å². The molecule has 0 bridgehead atoms. The molecule has 0 aromatic rings. The topological polar surface area (TPSA) is 37.4 Å². The molecule has 15 heavy (non-hydrogen) atoms. The Morgan fingerprint density at radius 1 is 1.13 bits per heavy atom. The van der Waals surface area contributed by atoms with Crippen LogP contribution in [-0.4, -0.2) is 25.0 Å². The molecule has 0 aromatic heterocycles. The van der Waals surface area contributed by atoms with Crippen molar-refractivity contribution in [2.24, 2.45) is 0 Å². The SMILES string of the molecule is C#CN(CCC)S(=O)(=O)CCCCCC. The summed E-state index contributed by atoms with van der Waals surface area (Å²) in [6, 6.07) is 2.23. The third kappa shape index (κ3) is 5.68. The van der Waals surface area contributed by atoms with Gasteiger partial charge >= 0.3 is 0 Å². The Balaban J connectivity index is 4.10. The van der Waals surface area contributed by atoms with Gasteiger partial charge in [-0.1, -0.05) is 39.5 Å². The van der Waals surface area contributed by atoms with Crippen LogP contribution in [0.5, 0.6) is 0 Å². The van der Waals surface area contributed by atoms with Gasteiger partial charge in [-0.25, -0.2) is 12.7 Å². The van der Waals surface area contributed by atoms with Gasteiger partial charge < -0.3 is 0 Å². The summed E-state index contributed by atoms with van der Waals surface area (Å²) in [5.74, 6) is 0.178. The smallest absolute Gasteiger partial charge is 0.229 e. The quantitative estimate of drug-likeness (QED) is 0.365. The molecule has 0 heterocycles. The Morgan fingerprint density at radius 2 is 1.80 bits per heavy atom. The number of nitrogens with zero attached hydrogens (tertiary/aromatic N) is 1. The minimum absolute atomic E-state index is 0.178. The second-order valence-electron chi connectivity index (χ2n) is 3.58. The lowest BCUT2D eigenvalue weighted by Crippen LogP contribution is -2.29. The van der Waals surface area contributed by atoms with E-state index in [1.807, 2.05) is 6.92 Å². The van der Waals surface area contributed by atoms with Crippen LogP contribution in [0.25, 0.3) is 0 Å².